The van der Waals surface area contributed by atoms with E-state index in [0.29, 0.717) is 34.9 Å². The lowest BCUT2D eigenvalue weighted by Gasteiger charge is -2.31. The molecule has 0 fully saturated rings. The molecule has 5 nitrogen and oxygen atoms in total. The molecule has 1 aliphatic heterocycles. The van der Waals surface area contributed by atoms with Gasteiger partial charge in [0.05, 0.1) is 16.8 Å². The Bertz CT molecular complexity index is 756. The van der Waals surface area contributed by atoms with Gasteiger partial charge in [-0.2, -0.15) is 0 Å². The highest BCUT2D eigenvalue weighted by Crippen LogP contribution is 2.36. The number of hydrogen-bond donors (Lipinski definition) is 2. The quantitative estimate of drug-likeness (QED) is 0.780. The molecule has 0 unspecified atom stereocenters. The Morgan fingerprint density at radius 1 is 1.29 bits per heavy atom. The average molecular weight is 285 g/mol. The number of aryl methyl sites for hydroxylation is 1. The molecule has 1 atom stereocenters. The Kier molecular flexibility index (Phi) is 2.90. The Hall–Kier alpha value is -2.50. The molecule has 0 aliphatic carbocycles. The highest BCUT2D eigenvalue weighted by atomic mass is 19.1. The molecule has 0 radical (unpaired) electrons. The molecule has 0 amide bonds. The van der Waals surface area contributed by atoms with Crippen molar-refractivity contribution in [3.05, 3.63) is 52.9 Å². The third kappa shape index (κ3) is 2.22. The van der Waals surface area contributed by atoms with Crippen LogP contribution in [-0.4, -0.2) is 15.8 Å². The van der Waals surface area contributed by atoms with Crippen molar-refractivity contribution in [2.45, 2.75) is 25.8 Å². The zero-order chi connectivity index (χ0) is 15.2. The van der Waals surface area contributed by atoms with Crippen molar-refractivity contribution in [1.82, 2.24) is 9.97 Å². The van der Waals surface area contributed by atoms with E-state index in [1.165, 1.54) is 12.1 Å². The number of halogens is 1. The number of nitrogens with zero attached hydrogens (tertiary/aromatic N) is 3. The van der Waals surface area contributed by atoms with E-state index in [9.17, 15) is 4.39 Å². The van der Waals surface area contributed by atoms with Gasteiger partial charge in [0.2, 0.25) is 0 Å². The van der Waals surface area contributed by atoms with Gasteiger partial charge in [0.15, 0.2) is 0 Å². The second kappa shape index (κ2) is 4.51. The molecule has 4 N–H and O–H groups in total. The van der Waals surface area contributed by atoms with E-state index in [1.54, 1.807) is 19.2 Å². The number of aromatic nitrogens is 2. The number of rotatable bonds is 1. The summed E-state index contributed by atoms with van der Waals surface area (Å²) in [6.07, 6.45) is 2.11. The highest BCUT2D eigenvalue weighted by Gasteiger charge is 2.35. The first-order chi connectivity index (χ1) is 9.89. The minimum atomic E-state index is -0.822. The van der Waals surface area contributed by atoms with Crippen molar-refractivity contribution in [2.75, 3.05) is 5.73 Å². The summed E-state index contributed by atoms with van der Waals surface area (Å²) in [5, 5.41) is 0. The second-order valence-corrected chi connectivity index (χ2v) is 5.46. The Morgan fingerprint density at radius 2 is 2.05 bits per heavy atom. The van der Waals surface area contributed by atoms with Gasteiger partial charge in [0.1, 0.15) is 17.5 Å². The van der Waals surface area contributed by atoms with Crippen LogP contribution >= 0.6 is 0 Å². The molecule has 0 saturated heterocycles. The van der Waals surface area contributed by atoms with Gasteiger partial charge in [-0.05, 0) is 32.0 Å². The molecule has 2 heterocycles. The fraction of sp³-hybridized carbons (Fsp3) is 0.267. The topological polar surface area (TPSA) is 90.2 Å². The molecule has 0 spiro atoms. The minimum absolute atomic E-state index is 0.320. The van der Waals surface area contributed by atoms with Gasteiger partial charge in [0.25, 0.3) is 0 Å². The average Bonchev–Trinajstić information content (AvgIpc) is 2.40. The van der Waals surface area contributed by atoms with Crippen LogP contribution in [0.5, 0.6) is 0 Å². The molecule has 3 rings (SSSR count). The largest absolute Gasteiger partial charge is 0.399 e. The number of nitrogen functional groups attached to an aromatic ring is 1. The van der Waals surface area contributed by atoms with Gasteiger partial charge < -0.3 is 11.5 Å². The van der Waals surface area contributed by atoms with Crippen LogP contribution < -0.4 is 11.5 Å². The molecule has 21 heavy (non-hydrogen) atoms. The van der Waals surface area contributed by atoms with E-state index < -0.39 is 5.54 Å². The molecule has 1 aromatic heterocycles. The summed E-state index contributed by atoms with van der Waals surface area (Å²) in [5.74, 6) is 0.622. The zero-order valence-electron chi connectivity index (χ0n) is 11.9. The number of nitrogens with two attached hydrogens (primary N) is 2. The van der Waals surface area contributed by atoms with Gasteiger partial charge in [-0.15, -0.1) is 0 Å². The van der Waals surface area contributed by atoms with Crippen molar-refractivity contribution in [3.8, 4) is 0 Å². The van der Waals surface area contributed by atoms with E-state index in [-0.39, 0.29) is 5.82 Å². The predicted octanol–water partition coefficient (Wildman–Crippen LogP) is 1.68. The van der Waals surface area contributed by atoms with Crippen LogP contribution in [-0.2, 0) is 12.0 Å². The van der Waals surface area contributed by atoms with Crippen LogP contribution in [0, 0.1) is 12.7 Å². The number of benzene rings is 1. The smallest absolute Gasteiger partial charge is 0.130 e. The third-order valence-electron chi connectivity index (χ3n) is 3.71. The molecular formula is C15H16FN5. The van der Waals surface area contributed by atoms with Crippen LogP contribution in [0.2, 0.25) is 0 Å². The van der Waals surface area contributed by atoms with Gasteiger partial charge in [-0.25, -0.2) is 14.4 Å². The normalized spacial score (nSPS) is 20.8. The lowest BCUT2D eigenvalue weighted by Crippen LogP contribution is -2.35. The van der Waals surface area contributed by atoms with Crippen molar-refractivity contribution < 1.29 is 4.39 Å². The second-order valence-electron chi connectivity index (χ2n) is 5.46. The molecule has 6 heteroatoms. The van der Waals surface area contributed by atoms with Gasteiger partial charge in [-0.1, -0.05) is 0 Å². The first-order valence-corrected chi connectivity index (χ1v) is 6.63. The number of amidine groups is 1. The summed E-state index contributed by atoms with van der Waals surface area (Å²) in [4.78, 5) is 13.0. The number of aliphatic imine (C=N–C) groups is 1. The van der Waals surface area contributed by atoms with Crippen molar-refractivity contribution in [3.63, 3.8) is 0 Å². The molecule has 2 aromatic rings. The van der Waals surface area contributed by atoms with Gasteiger partial charge in [-0.3, -0.25) is 4.99 Å². The van der Waals surface area contributed by atoms with E-state index in [0.717, 1.165) is 5.69 Å². The summed E-state index contributed by atoms with van der Waals surface area (Å²) in [6, 6.07) is 4.48. The molecule has 0 saturated carbocycles. The van der Waals surface area contributed by atoms with Crippen molar-refractivity contribution in [2.24, 2.45) is 10.7 Å². The highest BCUT2D eigenvalue weighted by molar-refractivity contribution is 5.99. The van der Waals surface area contributed by atoms with E-state index in [2.05, 4.69) is 15.0 Å². The van der Waals surface area contributed by atoms with Crippen molar-refractivity contribution >= 4 is 11.5 Å². The Balaban J connectivity index is 2.16. The fourth-order valence-corrected chi connectivity index (χ4v) is 2.67. The minimum Gasteiger partial charge on any atom is -0.399 e. The van der Waals surface area contributed by atoms with E-state index in [4.69, 9.17) is 11.5 Å². The van der Waals surface area contributed by atoms with Crippen LogP contribution in [0.3, 0.4) is 0 Å². The first-order valence-electron chi connectivity index (χ1n) is 6.63. The number of anilines is 1. The van der Waals surface area contributed by atoms with Crippen LogP contribution in [0.1, 0.15) is 29.6 Å². The maximum atomic E-state index is 14.2. The van der Waals surface area contributed by atoms with Gasteiger partial charge in [0, 0.05) is 23.9 Å². The van der Waals surface area contributed by atoms with E-state index >= 15 is 0 Å². The lowest BCUT2D eigenvalue weighted by molar-refractivity contribution is 0.449. The zero-order valence-corrected chi connectivity index (χ0v) is 11.9. The molecule has 1 aliphatic rings. The number of hydrogen-bond acceptors (Lipinski definition) is 5. The molecule has 1 aromatic carbocycles. The maximum absolute atomic E-state index is 14.2. The summed E-state index contributed by atoms with van der Waals surface area (Å²) in [7, 11) is 0. The van der Waals surface area contributed by atoms with Crippen LogP contribution in [0.4, 0.5) is 10.1 Å². The third-order valence-corrected chi connectivity index (χ3v) is 3.71. The Labute approximate surface area is 121 Å². The summed E-state index contributed by atoms with van der Waals surface area (Å²) in [6.45, 7) is 3.64. The Morgan fingerprint density at radius 3 is 2.81 bits per heavy atom. The fourth-order valence-electron chi connectivity index (χ4n) is 2.67. The monoisotopic (exact) mass is 285 g/mol. The lowest BCUT2D eigenvalue weighted by atomic mass is 9.84. The summed E-state index contributed by atoms with van der Waals surface area (Å²) in [5.41, 5.74) is 13.4. The molecule has 108 valence electrons. The number of fused-ring (bicyclic) bond motifs is 1. The molecular weight excluding hydrogens is 269 g/mol. The van der Waals surface area contributed by atoms with E-state index in [1.807, 2.05) is 6.92 Å². The molecule has 0 bridgehead atoms. The van der Waals surface area contributed by atoms with Gasteiger partial charge >= 0.3 is 0 Å². The van der Waals surface area contributed by atoms with Crippen LogP contribution in [0.25, 0.3) is 0 Å². The first kappa shape index (κ1) is 13.5. The maximum Gasteiger partial charge on any atom is 0.130 e. The van der Waals surface area contributed by atoms with Crippen molar-refractivity contribution in [1.29, 1.82) is 0 Å². The SMILES string of the molecule is Cc1ncc2c(n1)C[C@@](C)(c1cc(N)ccc1F)N=C2N. The van der Waals surface area contributed by atoms with Crippen LogP contribution in [0.15, 0.2) is 29.4 Å². The standard InChI is InChI=1S/C15H16FN5/c1-8-19-7-10-13(20-8)6-15(2,21-14(10)18)11-5-9(17)3-4-12(11)16/h3-5,7H,6,17H2,1-2H3,(H2,18,21)/t15-/m0/s1. The predicted molar refractivity (Wildman–Crippen MR) is 79.4 cm³/mol. The summed E-state index contributed by atoms with van der Waals surface area (Å²) >= 11 is 0. The summed E-state index contributed by atoms with van der Waals surface area (Å²) < 4.78 is 14.2.